The summed E-state index contributed by atoms with van der Waals surface area (Å²) in [4.78, 5) is 13.2. The molecule has 0 radical (unpaired) electrons. The van der Waals surface area contributed by atoms with Crippen LogP contribution in [-0.4, -0.2) is 17.6 Å². The third-order valence-electron chi connectivity index (χ3n) is 1.74. The van der Waals surface area contributed by atoms with E-state index < -0.39 is 5.97 Å². The van der Waals surface area contributed by atoms with Gasteiger partial charge in [-0.15, -0.1) is 0 Å². The molecular formula is C9H9N3O2. The molecule has 0 fully saturated rings. The van der Waals surface area contributed by atoms with Crippen LogP contribution in [0.2, 0.25) is 0 Å². The normalized spacial score (nSPS) is 9.14. The van der Waals surface area contributed by atoms with Crippen LogP contribution < -0.4 is 0 Å². The van der Waals surface area contributed by atoms with Crippen LogP contribution in [0.3, 0.4) is 0 Å². The number of aromatic carboxylic acids is 1. The highest BCUT2D eigenvalue weighted by atomic mass is 16.4. The average molecular weight is 191 g/mol. The van der Waals surface area contributed by atoms with Gasteiger partial charge in [0.2, 0.25) is 0 Å². The predicted octanol–water partition coefficient (Wildman–Crippen LogP) is 2.24. The van der Waals surface area contributed by atoms with Crippen LogP contribution in [0, 0.1) is 0 Å². The molecule has 5 nitrogen and oxygen atoms in total. The highest BCUT2D eigenvalue weighted by Crippen LogP contribution is 2.06. The van der Waals surface area contributed by atoms with Gasteiger partial charge in [-0.3, -0.25) is 0 Å². The summed E-state index contributed by atoms with van der Waals surface area (Å²) < 4.78 is 0. The minimum absolute atomic E-state index is 0.253. The van der Waals surface area contributed by atoms with Crippen molar-refractivity contribution < 1.29 is 9.90 Å². The topological polar surface area (TPSA) is 86.1 Å². The molecule has 14 heavy (non-hydrogen) atoms. The standard InChI is InChI=1S/C9H9N3O2/c10-12-11-5-4-7-2-1-3-8(6-7)9(13)14/h1-3,6H,4-5H2,(H,13,14). The number of rotatable bonds is 4. The highest BCUT2D eigenvalue weighted by molar-refractivity contribution is 5.87. The van der Waals surface area contributed by atoms with E-state index in [1.807, 2.05) is 0 Å². The van der Waals surface area contributed by atoms with Crippen molar-refractivity contribution in [3.05, 3.63) is 45.8 Å². The second-order valence-electron chi connectivity index (χ2n) is 2.71. The van der Waals surface area contributed by atoms with E-state index in [1.54, 1.807) is 18.2 Å². The predicted molar refractivity (Wildman–Crippen MR) is 51.1 cm³/mol. The molecule has 1 aromatic rings. The van der Waals surface area contributed by atoms with Crippen LogP contribution in [0.4, 0.5) is 0 Å². The van der Waals surface area contributed by atoms with Crippen LogP contribution in [0.15, 0.2) is 29.4 Å². The van der Waals surface area contributed by atoms with Crippen molar-refractivity contribution in [3.8, 4) is 0 Å². The fourth-order valence-electron chi connectivity index (χ4n) is 1.08. The molecule has 0 aromatic heterocycles. The van der Waals surface area contributed by atoms with Gasteiger partial charge in [-0.2, -0.15) is 0 Å². The summed E-state index contributed by atoms with van der Waals surface area (Å²) in [5.74, 6) is -0.948. The molecule has 0 saturated carbocycles. The Bertz CT molecular complexity index is 383. The maximum atomic E-state index is 10.6. The van der Waals surface area contributed by atoms with Gasteiger partial charge in [0.15, 0.2) is 0 Å². The van der Waals surface area contributed by atoms with E-state index in [2.05, 4.69) is 10.0 Å². The number of benzene rings is 1. The number of azide groups is 1. The SMILES string of the molecule is [N-]=[N+]=NCCc1cccc(C(=O)O)c1. The maximum absolute atomic E-state index is 10.6. The lowest BCUT2D eigenvalue weighted by Gasteiger charge is -1.99. The molecule has 0 aliphatic rings. The number of nitrogens with zero attached hydrogens (tertiary/aromatic N) is 3. The van der Waals surface area contributed by atoms with Crippen LogP contribution >= 0.6 is 0 Å². The lowest BCUT2D eigenvalue weighted by Crippen LogP contribution is -1.97. The van der Waals surface area contributed by atoms with Crippen LogP contribution in [-0.2, 0) is 6.42 Å². The van der Waals surface area contributed by atoms with Crippen molar-refractivity contribution in [1.29, 1.82) is 0 Å². The first-order chi connectivity index (χ1) is 6.74. The molecule has 72 valence electrons. The molecule has 0 atom stereocenters. The van der Waals surface area contributed by atoms with Crippen LogP contribution in [0.1, 0.15) is 15.9 Å². The molecule has 1 N–H and O–H groups in total. The molecule has 0 aliphatic heterocycles. The van der Waals surface area contributed by atoms with Gasteiger partial charge in [0.25, 0.3) is 0 Å². The minimum atomic E-state index is -0.948. The largest absolute Gasteiger partial charge is 0.478 e. The number of carboxylic acid groups (broad SMARTS) is 1. The zero-order valence-electron chi connectivity index (χ0n) is 7.42. The summed E-state index contributed by atoms with van der Waals surface area (Å²) in [6.07, 6.45) is 0.561. The van der Waals surface area contributed by atoms with E-state index in [0.717, 1.165) is 5.56 Å². The van der Waals surface area contributed by atoms with Crippen molar-refractivity contribution in [2.24, 2.45) is 5.11 Å². The van der Waals surface area contributed by atoms with Crippen LogP contribution in [0.5, 0.6) is 0 Å². The molecule has 0 saturated heterocycles. The molecular weight excluding hydrogens is 182 g/mol. The molecule has 0 amide bonds. The van der Waals surface area contributed by atoms with Gasteiger partial charge in [0, 0.05) is 11.5 Å². The minimum Gasteiger partial charge on any atom is -0.478 e. The fraction of sp³-hybridized carbons (Fsp3) is 0.222. The Balaban J connectivity index is 2.73. The summed E-state index contributed by atoms with van der Waals surface area (Å²) in [5, 5.41) is 12.1. The molecule has 1 aromatic carbocycles. The van der Waals surface area contributed by atoms with E-state index in [0.29, 0.717) is 13.0 Å². The number of carboxylic acids is 1. The summed E-state index contributed by atoms with van der Waals surface area (Å²) >= 11 is 0. The first-order valence-electron chi connectivity index (χ1n) is 4.07. The summed E-state index contributed by atoms with van der Waals surface area (Å²) in [7, 11) is 0. The van der Waals surface area contributed by atoms with Gasteiger partial charge in [0.1, 0.15) is 0 Å². The molecule has 1 rings (SSSR count). The zero-order valence-corrected chi connectivity index (χ0v) is 7.42. The van der Waals surface area contributed by atoms with Gasteiger partial charge < -0.3 is 5.11 Å². The van der Waals surface area contributed by atoms with Crippen molar-refractivity contribution in [2.75, 3.05) is 6.54 Å². The van der Waals surface area contributed by atoms with E-state index in [9.17, 15) is 4.79 Å². The summed E-state index contributed by atoms with van der Waals surface area (Å²) in [6, 6.07) is 6.59. The number of hydrogen-bond donors (Lipinski definition) is 1. The van der Waals surface area contributed by atoms with Gasteiger partial charge in [-0.1, -0.05) is 17.2 Å². The second-order valence-corrected chi connectivity index (χ2v) is 2.71. The summed E-state index contributed by atoms with van der Waals surface area (Å²) in [5.41, 5.74) is 9.16. The first-order valence-corrected chi connectivity index (χ1v) is 4.07. The summed E-state index contributed by atoms with van der Waals surface area (Å²) in [6.45, 7) is 0.347. The Morgan fingerprint density at radius 3 is 3.00 bits per heavy atom. The molecule has 0 spiro atoms. The molecule has 0 unspecified atom stereocenters. The van der Waals surface area contributed by atoms with Gasteiger partial charge in [-0.25, -0.2) is 4.79 Å². The first kappa shape index (κ1) is 10.1. The van der Waals surface area contributed by atoms with E-state index in [-0.39, 0.29) is 5.56 Å². The quantitative estimate of drug-likeness (QED) is 0.449. The molecule has 0 heterocycles. The zero-order chi connectivity index (χ0) is 10.4. The molecule has 5 heteroatoms. The van der Waals surface area contributed by atoms with Gasteiger partial charge in [-0.05, 0) is 29.6 Å². The Morgan fingerprint density at radius 1 is 1.57 bits per heavy atom. The number of hydrogen-bond acceptors (Lipinski definition) is 2. The highest BCUT2D eigenvalue weighted by Gasteiger charge is 2.02. The van der Waals surface area contributed by atoms with Crippen LogP contribution in [0.25, 0.3) is 10.4 Å². The lowest BCUT2D eigenvalue weighted by molar-refractivity contribution is 0.0697. The van der Waals surface area contributed by atoms with Crippen molar-refractivity contribution >= 4 is 5.97 Å². The van der Waals surface area contributed by atoms with E-state index in [1.165, 1.54) is 6.07 Å². The van der Waals surface area contributed by atoms with Crippen molar-refractivity contribution in [1.82, 2.24) is 0 Å². The smallest absolute Gasteiger partial charge is 0.335 e. The molecule has 0 bridgehead atoms. The molecule has 0 aliphatic carbocycles. The third-order valence-corrected chi connectivity index (χ3v) is 1.74. The Labute approximate surface area is 80.6 Å². The fourth-order valence-corrected chi connectivity index (χ4v) is 1.08. The van der Waals surface area contributed by atoms with Gasteiger partial charge >= 0.3 is 5.97 Å². The van der Waals surface area contributed by atoms with Gasteiger partial charge in [0.05, 0.1) is 5.56 Å². The second kappa shape index (κ2) is 4.89. The average Bonchev–Trinajstić information content (AvgIpc) is 2.19. The van der Waals surface area contributed by atoms with Crippen molar-refractivity contribution in [3.63, 3.8) is 0 Å². The lowest BCUT2D eigenvalue weighted by atomic mass is 10.1. The van der Waals surface area contributed by atoms with E-state index >= 15 is 0 Å². The maximum Gasteiger partial charge on any atom is 0.335 e. The Hall–Kier alpha value is -2.00. The van der Waals surface area contributed by atoms with Crippen molar-refractivity contribution in [2.45, 2.75) is 6.42 Å². The monoisotopic (exact) mass is 191 g/mol. The van der Waals surface area contributed by atoms with E-state index in [4.69, 9.17) is 10.6 Å². The Kier molecular flexibility index (Phi) is 3.52. The Morgan fingerprint density at radius 2 is 2.36 bits per heavy atom. The number of carbonyl (C=O) groups is 1. The third kappa shape index (κ3) is 2.80.